The van der Waals surface area contributed by atoms with E-state index in [9.17, 15) is 4.79 Å². The van der Waals surface area contributed by atoms with Gasteiger partial charge in [0.15, 0.2) is 0 Å². The Bertz CT molecular complexity index is 398. The Kier molecular flexibility index (Phi) is 2.63. The highest BCUT2D eigenvalue weighted by molar-refractivity contribution is 6.05. The van der Waals surface area contributed by atoms with Gasteiger partial charge >= 0.3 is 0 Å². The fourth-order valence-corrected chi connectivity index (χ4v) is 2.51. The minimum atomic E-state index is 0.137. The number of hydrogen-bond donors (Lipinski definition) is 0. The summed E-state index contributed by atoms with van der Waals surface area (Å²) in [5.74, 6) is 0.137. The van der Waals surface area contributed by atoms with E-state index in [1.807, 2.05) is 11.0 Å². The molecule has 0 aromatic carbocycles. The van der Waals surface area contributed by atoms with Crippen LogP contribution in [0.2, 0.25) is 0 Å². The highest BCUT2D eigenvalue weighted by Crippen LogP contribution is 2.35. The minimum Gasteiger partial charge on any atom is -0.373 e. The molecule has 1 aliphatic carbocycles. The third kappa shape index (κ3) is 1.95. The Morgan fingerprint density at radius 2 is 2.06 bits per heavy atom. The molecule has 3 rings (SSSR count). The van der Waals surface area contributed by atoms with Gasteiger partial charge in [-0.1, -0.05) is 18.7 Å². The summed E-state index contributed by atoms with van der Waals surface area (Å²) < 4.78 is 5.17. The fourth-order valence-electron chi connectivity index (χ4n) is 2.51. The maximum Gasteiger partial charge on any atom is 0.258 e. The van der Waals surface area contributed by atoms with Crippen molar-refractivity contribution in [2.24, 2.45) is 0 Å². The monoisotopic (exact) mass is 231 g/mol. The number of hydrogen-bond acceptors (Lipinski definition) is 2. The number of carbonyl (C=O) groups is 1. The van der Waals surface area contributed by atoms with E-state index in [0.29, 0.717) is 6.10 Å². The van der Waals surface area contributed by atoms with Crippen LogP contribution in [-0.4, -0.2) is 30.1 Å². The molecule has 0 spiro atoms. The van der Waals surface area contributed by atoms with Crippen molar-refractivity contribution in [3.63, 3.8) is 0 Å². The summed E-state index contributed by atoms with van der Waals surface area (Å²) in [5, 5.41) is 0. The zero-order chi connectivity index (χ0) is 11.8. The average Bonchev–Trinajstić information content (AvgIpc) is 3.13. The van der Waals surface area contributed by atoms with Crippen LogP contribution in [0.5, 0.6) is 0 Å². The highest BCUT2D eigenvalue weighted by Gasteiger charge is 2.34. The zero-order valence-electron chi connectivity index (χ0n) is 9.95. The second-order valence-corrected chi connectivity index (χ2v) is 4.81. The van der Waals surface area contributed by atoms with Crippen LogP contribution in [0.4, 0.5) is 0 Å². The first-order valence-electron chi connectivity index (χ1n) is 6.31. The van der Waals surface area contributed by atoms with E-state index in [0.717, 1.165) is 55.7 Å². The van der Waals surface area contributed by atoms with Gasteiger partial charge in [-0.3, -0.25) is 4.79 Å². The van der Waals surface area contributed by atoms with E-state index < -0.39 is 0 Å². The molecule has 2 saturated heterocycles. The lowest BCUT2D eigenvalue weighted by atomic mass is 9.99. The third-order valence-corrected chi connectivity index (χ3v) is 3.58. The van der Waals surface area contributed by atoms with Crippen LogP contribution in [0, 0.1) is 0 Å². The number of likely N-dealkylation sites (tertiary alicyclic amines) is 1. The number of allylic oxidation sites excluding steroid dienone is 3. The molecule has 17 heavy (non-hydrogen) atoms. The molecule has 3 heteroatoms. The quantitative estimate of drug-likeness (QED) is 0.695. The Morgan fingerprint density at radius 3 is 2.71 bits per heavy atom. The van der Waals surface area contributed by atoms with E-state index in [1.165, 1.54) is 0 Å². The lowest BCUT2D eigenvalue weighted by Crippen LogP contribution is -2.25. The van der Waals surface area contributed by atoms with Gasteiger partial charge in [-0.15, -0.1) is 0 Å². The Balaban J connectivity index is 1.67. The fraction of sp³-hybridized carbons (Fsp3) is 0.500. The van der Waals surface area contributed by atoms with Gasteiger partial charge in [0.1, 0.15) is 0 Å². The van der Waals surface area contributed by atoms with Crippen molar-refractivity contribution in [3.8, 4) is 0 Å². The molecule has 0 bridgehead atoms. The number of fused-ring (bicyclic) bond motifs is 1. The molecule has 2 heterocycles. The van der Waals surface area contributed by atoms with Gasteiger partial charge in [-0.2, -0.15) is 0 Å². The van der Waals surface area contributed by atoms with Gasteiger partial charge in [0, 0.05) is 23.4 Å². The molecule has 0 saturated carbocycles. The smallest absolute Gasteiger partial charge is 0.258 e. The molecule has 0 radical (unpaired) electrons. The number of ether oxygens (including phenoxy) is 1. The molecule has 1 amide bonds. The summed E-state index contributed by atoms with van der Waals surface area (Å²) in [4.78, 5) is 14.0. The molecule has 1 unspecified atom stereocenters. The number of rotatable bonds is 4. The minimum absolute atomic E-state index is 0.137. The largest absolute Gasteiger partial charge is 0.373 e. The van der Waals surface area contributed by atoms with Crippen LogP contribution < -0.4 is 0 Å². The van der Waals surface area contributed by atoms with Gasteiger partial charge in [0.2, 0.25) is 0 Å². The summed E-state index contributed by atoms with van der Waals surface area (Å²) in [6.07, 6.45) is 8.68. The second-order valence-electron chi connectivity index (χ2n) is 4.81. The van der Waals surface area contributed by atoms with E-state index in [4.69, 9.17) is 4.74 Å². The van der Waals surface area contributed by atoms with Crippen LogP contribution >= 0.6 is 0 Å². The Labute approximate surface area is 101 Å². The summed E-state index contributed by atoms with van der Waals surface area (Å²) in [7, 11) is 0. The summed E-state index contributed by atoms with van der Waals surface area (Å²) >= 11 is 0. The first-order valence-corrected chi connectivity index (χ1v) is 6.31. The van der Waals surface area contributed by atoms with Gasteiger partial charge < -0.3 is 9.64 Å². The predicted molar refractivity (Wildman–Crippen MR) is 65.2 cm³/mol. The van der Waals surface area contributed by atoms with Gasteiger partial charge in [-0.25, -0.2) is 0 Å². The van der Waals surface area contributed by atoms with Crippen molar-refractivity contribution in [1.29, 1.82) is 0 Å². The van der Waals surface area contributed by atoms with Crippen LogP contribution in [-0.2, 0) is 9.53 Å². The normalized spacial score (nSPS) is 26.8. The van der Waals surface area contributed by atoms with Gasteiger partial charge in [0.25, 0.3) is 5.91 Å². The van der Waals surface area contributed by atoms with Crippen molar-refractivity contribution >= 4 is 5.91 Å². The molecule has 0 aromatic heterocycles. The topological polar surface area (TPSA) is 32.8 Å². The number of amides is 1. The maximum absolute atomic E-state index is 12.2. The second kappa shape index (κ2) is 4.15. The Morgan fingerprint density at radius 1 is 1.35 bits per heavy atom. The average molecular weight is 231 g/mol. The molecule has 90 valence electrons. The number of nitrogens with zero attached hydrogens (tertiary/aromatic N) is 1. The standard InChI is InChI=1S/C14H17NO2/c1-10-12-6-2-3-7-13(12)14(16)15(10)8-4-5-11-9-17-11/h6-7,11H,1-5,8-9H2. The third-order valence-electron chi connectivity index (χ3n) is 3.58. The van der Waals surface area contributed by atoms with E-state index in [2.05, 4.69) is 12.7 Å². The maximum atomic E-state index is 12.2. The molecule has 0 N–H and O–H groups in total. The summed E-state index contributed by atoms with van der Waals surface area (Å²) in [5.41, 5.74) is 2.81. The summed E-state index contributed by atoms with van der Waals surface area (Å²) in [6.45, 7) is 5.71. The van der Waals surface area contributed by atoms with Gasteiger partial charge in [-0.05, 0) is 25.7 Å². The molecule has 0 aromatic rings. The zero-order valence-corrected chi connectivity index (χ0v) is 9.95. The number of carbonyl (C=O) groups excluding carboxylic acids is 1. The first kappa shape index (κ1) is 10.8. The lowest BCUT2D eigenvalue weighted by Gasteiger charge is -2.16. The molecule has 2 fully saturated rings. The van der Waals surface area contributed by atoms with Crippen molar-refractivity contribution in [3.05, 3.63) is 35.6 Å². The van der Waals surface area contributed by atoms with Crippen LogP contribution in [0.1, 0.15) is 25.7 Å². The van der Waals surface area contributed by atoms with Gasteiger partial charge in [0.05, 0.1) is 12.7 Å². The van der Waals surface area contributed by atoms with Crippen molar-refractivity contribution in [1.82, 2.24) is 4.90 Å². The van der Waals surface area contributed by atoms with Crippen LogP contribution in [0.15, 0.2) is 35.6 Å². The SMILES string of the molecule is C=C1C2=CCCC=C2C(=O)N1CCCC1CO1. The summed E-state index contributed by atoms with van der Waals surface area (Å²) in [6, 6.07) is 0. The molecule has 3 nitrogen and oxygen atoms in total. The molecular formula is C14H17NO2. The predicted octanol–water partition coefficient (Wildman–Crippen LogP) is 2.17. The highest BCUT2D eigenvalue weighted by atomic mass is 16.6. The van der Waals surface area contributed by atoms with Crippen LogP contribution in [0.3, 0.4) is 0 Å². The lowest BCUT2D eigenvalue weighted by molar-refractivity contribution is -0.123. The molecular weight excluding hydrogens is 214 g/mol. The van der Waals surface area contributed by atoms with Crippen LogP contribution in [0.25, 0.3) is 0 Å². The Hall–Kier alpha value is -1.35. The number of epoxide rings is 1. The first-order chi connectivity index (χ1) is 8.27. The van der Waals surface area contributed by atoms with E-state index in [1.54, 1.807) is 0 Å². The molecule has 3 aliphatic rings. The van der Waals surface area contributed by atoms with E-state index in [-0.39, 0.29) is 5.91 Å². The van der Waals surface area contributed by atoms with Crippen molar-refractivity contribution in [2.45, 2.75) is 31.8 Å². The van der Waals surface area contributed by atoms with Crippen molar-refractivity contribution in [2.75, 3.05) is 13.2 Å². The molecule has 2 aliphatic heterocycles. The van der Waals surface area contributed by atoms with E-state index >= 15 is 0 Å². The molecule has 1 atom stereocenters. The van der Waals surface area contributed by atoms with Crippen molar-refractivity contribution < 1.29 is 9.53 Å².